The van der Waals surface area contributed by atoms with Crippen molar-refractivity contribution in [2.24, 2.45) is 0 Å². The Hall–Kier alpha value is -3.05. The van der Waals surface area contributed by atoms with Crippen LogP contribution in [0.5, 0.6) is 5.75 Å². The molecule has 28 heavy (non-hydrogen) atoms. The summed E-state index contributed by atoms with van der Waals surface area (Å²) in [6.07, 6.45) is 3.12. The Kier molecular flexibility index (Phi) is 5.17. The van der Waals surface area contributed by atoms with Crippen LogP contribution in [0.25, 0.3) is 16.5 Å². The Morgan fingerprint density at radius 3 is 2.68 bits per heavy atom. The first-order chi connectivity index (χ1) is 13.7. The molecule has 5 heteroatoms. The van der Waals surface area contributed by atoms with E-state index in [4.69, 9.17) is 9.15 Å². The van der Waals surface area contributed by atoms with Crippen molar-refractivity contribution in [3.63, 3.8) is 0 Å². The summed E-state index contributed by atoms with van der Waals surface area (Å²) in [7, 11) is 0. The first-order valence-electron chi connectivity index (χ1n) is 9.54. The van der Waals surface area contributed by atoms with Crippen molar-refractivity contribution in [1.82, 2.24) is 4.90 Å². The summed E-state index contributed by atoms with van der Waals surface area (Å²) in [6, 6.07) is 15.0. The van der Waals surface area contributed by atoms with Crippen LogP contribution in [-0.2, 0) is 11.3 Å². The molecule has 0 atom stereocenters. The Bertz CT molecular complexity index is 1020. The van der Waals surface area contributed by atoms with Crippen molar-refractivity contribution in [3.05, 3.63) is 71.5 Å². The average molecular weight is 377 g/mol. The van der Waals surface area contributed by atoms with Gasteiger partial charge in [-0.15, -0.1) is 0 Å². The third kappa shape index (κ3) is 3.66. The van der Waals surface area contributed by atoms with Gasteiger partial charge in [-0.1, -0.05) is 36.4 Å². The normalized spacial score (nSPS) is 14.8. The number of esters is 1. The molecule has 0 fully saturated rings. The molecule has 0 bridgehead atoms. The molecule has 2 aromatic carbocycles. The molecule has 0 amide bonds. The van der Waals surface area contributed by atoms with E-state index < -0.39 is 5.97 Å². The van der Waals surface area contributed by atoms with Gasteiger partial charge in [0, 0.05) is 30.6 Å². The van der Waals surface area contributed by atoms with E-state index in [1.165, 1.54) is 5.57 Å². The summed E-state index contributed by atoms with van der Waals surface area (Å²) in [5, 5.41) is 10.4. The van der Waals surface area contributed by atoms with Gasteiger partial charge in [0.15, 0.2) is 0 Å². The lowest BCUT2D eigenvalue weighted by Crippen LogP contribution is -2.28. The fourth-order valence-electron chi connectivity index (χ4n) is 3.63. The number of para-hydroxylation sites is 1. The van der Waals surface area contributed by atoms with Gasteiger partial charge in [-0.2, -0.15) is 0 Å². The van der Waals surface area contributed by atoms with E-state index in [2.05, 4.69) is 11.0 Å². The quantitative estimate of drug-likeness (QED) is 0.658. The van der Waals surface area contributed by atoms with Crippen LogP contribution in [0, 0.1) is 0 Å². The number of phenols is 1. The van der Waals surface area contributed by atoms with Gasteiger partial charge in [0.25, 0.3) is 0 Å². The molecule has 144 valence electrons. The first kappa shape index (κ1) is 18.3. The molecule has 0 saturated carbocycles. The number of furan rings is 1. The van der Waals surface area contributed by atoms with Crippen molar-refractivity contribution in [1.29, 1.82) is 0 Å². The second-order valence-corrected chi connectivity index (χ2v) is 6.89. The molecule has 1 aliphatic heterocycles. The lowest BCUT2D eigenvalue weighted by atomic mass is 9.99. The zero-order chi connectivity index (χ0) is 19.5. The number of ether oxygens (including phenoxy) is 1. The number of nitrogens with zero attached hydrogens (tertiary/aromatic N) is 1. The van der Waals surface area contributed by atoms with Crippen molar-refractivity contribution < 1.29 is 19.1 Å². The first-order valence-corrected chi connectivity index (χ1v) is 9.54. The van der Waals surface area contributed by atoms with E-state index in [0.29, 0.717) is 24.5 Å². The number of fused-ring (bicyclic) bond motifs is 1. The van der Waals surface area contributed by atoms with Crippen molar-refractivity contribution in [2.75, 3.05) is 19.7 Å². The molecule has 0 saturated heterocycles. The van der Waals surface area contributed by atoms with Crippen molar-refractivity contribution in [2.45, 2.75) is 19.9 Å². The van der Waals surface area contributed by atoms with Crippen LogP contribution >= 0.6 is 0 Å². The number of aromatic hydroxyl groups is 1. The van der Waals surface area contributed by atoms with E-state index in [9.17, 15) is 9.90 Å². The Labute approximate surface area is 163 Å². The SMILES string of the molecule is CCOC(=O)c1oc2ccccc2c1CN1CC=C(c2ccc(O)cc2)CC1. The summed E-state index contributed by atoms with van der Waals surface area (Å²) in [4.78, 5) is 14.7. The van der Waals surface area contributed by atoms with Crippen LogP contribution in [0.1, 0.15) is 35.0 Å². The van der Waals surface area contributed by atoms with Crippen LogP contribution < -0.4 is 0 Å². The van der Waals surface area contributed by atoms with E-state index in [0.717, 1.165) is 36.0 Å². The van der Waals surface area contributed by atoms with E-state index in [1.54, 1.807) is 19.1 Å². The molecule has 2 heterocycles. The van der Waals surface area contributed by atoms with Gasteiger partial charge >= 0.3 is 5.97 Å². The fourth-order valence-corrected chi connectivity index (χ4v) is 3.63. The summed E-state index contributed by atoms with van der Waals surface area (Å²) in [5.41, 5.74) is 4.01. The zero-order valence-corrected chi connectivity index (χ0v) is 15.9. The highest BCUT2D eigenvalue weighted by atomic mass is 16.5. The molecule has 4 rings (SSSR count). The third-order valence-corrected chi connectivity index (χ3v) is 5.07. The van der Waals surface area contributed by atoms with Crippen LogP contribution in [0.4, 0.5) is 0 Å². The number of hydrogen-bond donors (Lipinski definition) is 1. The Morgan fingerprint density at radius 1 is 1.18 bits per heavy atom. The fraction of sp³-hybridized carbons (Fsp3) is 0.261. The molecular formula is C23H23NO4. The topological polar surface area (TPSA) is 62.9 Å². The predicted molar refractivity (Wildman–Crippen MR) is 108 cm³/mol. The van der Waals surface area contributed by atoms with Crippen LogP contribution in [0.3, 0.4) is 0 Å². The van der Waals surface area contributed by atoms with Gasteiger partial charge in [-0.05, 0) is 42.7 Å². The highest BCUT2D eigenvalue weighted by Gasteiger charge is 2.24. The van der Waals surface area contributed by atoms with E-state index in [1.807, 2.05) is 36.4 Å². The second kappa shape index (κ2) is 7.90. The zero-order valence-electron chi connectivity index (χ0n) is 15.9. The number of rotatable bonds is 5. The smallest absolute Gasteiger partial charge is 0.374 e. The van der Waals surface area contributed by atoms with Gasteiger partial charge < -0.3 is 14.3 Å². The largest absolute Gasteiger partial charge is 0.508 e. The van der Waals surface area contributed by atoms with Gasteiger partial charge in [0.2, 0.25) is 5.76 Å². The monoisotopic (exact) mass is 377 g/mol. The number of carbonyl (C=O) groups excluding carboxylic acids is 1. The molecule has 0 aliphatic carbocycles. The minimum atomic E-state index is -0.411. The van der Waals surface area contributed by atoms with E-state index in [-0.39, 0.29) is 5.75 Å². The highest BCUT2D eigenvalue weighted by molar-refractivity contribution is 5.96. The minimum absolute atomic E-state index is 0.278. The van der Waals surface area contributed by atoms with Crippen LogP contribution in [0.15, 0.2) is 59.0 Å². The molecular weight excluding hydrogens is 354 g/mol. The predicted octanol–water partition coefficient (Wildman–Crippen LogP) is 4.60. The number of benzene rings is 2. The van der Waals surface area contributed by atoms with Crippen molar-refractivity contribution in [3.8, 4) is 5.75 Å². The number of phenolic OH excluding ortho intramolecular Hbond substituents is 1. The average Bonchev–Trinajstić information content (AvgIpc) is 3.08. The van der Waals surface area contributed by atoms with Gasteiger partial charge in [0.05, 0.1) is 6.61 Å². The standard InChI is InChI=1S/C23H23NO4/c1-2-27-23(26)22-20(19-5-3-4-6-21(19)28-22)15-24-13-11-17(12-14-24)16-7-9-18(25)10-8-16/h3-11,25H,2,12-15H2,1H3. The molecule has 1 aromatic heterocycles. The molecule has 0 radical (unpaired) electrons. The Balaban J connectivity index is 1.56. The second-order valence-electron chi connectivity index (χ2n) is 6.89. The van der Waals surface area contributed by atoms with Gasteiger partial charge in [0.1, 0.15) is 11.3 Å². The summed E-state index contributed by atoms with van der Waals surface area (Å²) in [6.45, 7) is 4.41. The minimum Gasteiger partial charge on any atom is -0.508 e. The summed E-state index contributed by atoms with van der Waals surface area (Å²) >= 11 is 0. The van der Waals surface area contributed by atoms with Crippen LogP contribution in [-0.4, -0.2) is 35.7 Å². The van der Waals surface area contributed by atoms with E-state index >= 15 is 0 Å². The molecule has 0 spiro atoms. The van der Waals surface area contributed by atoms with Gasteiger partial charge in [-0.25, -0.2) is 4.79 Å². The maximum absolute atomic E-state index is 12.4. The third-order valence-electron chi connectivity index (χ3n) is 5.07. The highest BCUT2D eigenvalue weighted by Crippen LogP contribution is 2.30. The maximum Gasteiger partial charge on any atom is 0.374 e. The maximum atomic E-state index is 12.4. The molecule has 1 N–H and O–H groups in total. The number of hydrogen-bond acceptors (Lipinski definition) is 5. The molecule has 1 aliphatic rings. The molecule has 5 nitrogen and oxygen atoms in total. The molecule has 0 unspecified atom stereocenters. The lowest BCUT2D eigenvalue weighted by Gasteiger charge is -2.26. The summed E-state index contributed by atoms with van der Waals surface area (Å²) in [5.74, 6) is 0.169. The lowest BCUT2D eigenvalue weighted by molar-refractivity contribution is 0.0489. The van der Waals surface area contributed by atoms with Gasteiger partial charge in [-0.3, -0.25) is 4.90 Å². The number of carbonyl (C=O) groups is 1. The molecule has 3 aromatic rings. The van der Waals surface area contributed by atoms with Crippen LogP contribution in [0.2, 0.25) is 0 Å². The Morgan fingerprint density at radius 2 is 1.96 bits per heavy atom. The summed E-state index contributed by atoms with van der Waals surface area (Å²) < 4.78 is 11.0. The van der Waals surface area contributed by atoms with Crippen molar-refractivity contribution >= 4 is 22.5 Å².